The van der Waals surface area contributed by atoms with Crippen LogP contribution in [0.15, 0.2) is 35.6 Å². The molecule has 1 saturated carbocycles. The molecule has 1 aliphatic heterocycles. The van der Waals surface area contributed by atoms with E-state index in [0.29, 0.717) is 24.0 Å². The Morgan fingerprint density at radius 3 is 2.79 bits per heavy atom. The first kappa shape index (κ1) is 20.8. The van der Waals surface area contributed by atoms with Crippen LogP contribution in [-0.4, -0.2) is 48.4 Å². The quantitative estimate of drug-likeness (QED) is 0.600. The van der Waals surface area contributed by atoms with Gasteiger partial charge in [0.1, 0.15) is 0 Å². The zero-order valence-electron chi connectivity index (χ0n) is 16.8. The summed E-state index contributed by atoms with van der Waals surface area (Å²) in [5, 5.41) is 0.916. The molecule has 158 valence electrons. The van der Waals surface area contributed by atoms with Gasteiger partial charge in [-0.2, -0.15) is 0 Å². The lowest BCUT2D eigenvalue weighted by Gasteiger charge is -2.20. The molecule has 29 heavy (non-hydrogen) atoms. The highest BCUT2D eigenvalue weighted by Gasteiger charge is 2.33. The van der Waals surface area contributed by atoms with E-state index in [9.17, 15) is 8.42 Å². The second-order valence-corrected chi connectivity index (χ2v) is 10.7. The van der Waals surface area contributed by atoms with Crippen molar-refractivity contribution in [1.29, 1.82) is 0 Å². The first-order chi connectivity index (χ1) is 13.9. The van der Waals surface area contributed by atoms with E-state index in [1.807, 2.05) is 35.9 Å². The van der Waals surface area contributed by atoms with E-state index in [1.165, 1.54) is 0 Å². The fourth-order valence-corrected chi connectivity index (χ4v) is 5.96. The summed E-state index contributed by atoms with van der Waals surface area (Å²) in [5.74, 6) is 0.495. The van der Waals surface area contributed by atoms with Crippen molar-refractivity contribution in [3.05, 3.63) is 46.7 Å². The number of sulfone groups is 1. The standard InChI is InChI=1S/C21H28ClN3O3S/c1-24(12-17-4-2-5-18(22)10-17)13-19-11-23-21(29(26,27)15-16-7-8-16)25(19)14-20-6-3-9-28-20/h2,4-5,10-11,16,20H,3,6-9,12-15H2,1H3/t20-/m0/s1. The van der Waals surface area contributed by atoms with Crippen LogP contribution in [0.5, 0.6) is 0 Å². The SMILES string of the molecule is CN(Cc1cccc(Cl)c1)Cc1cnc(S(=O)(=O)CC2CC2)n1C[C@@H]1CCCO1. The molecule has 1 aromatic heterocycles. The molecule has 0 radical (unpaired) electrons. The second-order valence-electron chi connectivity index (χ2n) is 8.30. The van der Waals surface area contributed by atoms with Crippen LogP contribution in [0.3, 0.4) is 0 Å². The average Bonchev–Trinajstić information content (AvgIpc) is 3.14. The van der Waals surface area contributed by atoms with Gasteiger partial charge in [0, 0.05) is 24.7 Å². The number of imidazole rings is 1. The van der Waals surface area contributed by atoms with Gasteiger partial charge >= 0.3 is 0 Å². The summed E-state index contributed by atoms with van der Waals surface area (Å²) in [6.45, 7) is 2.61. The van der Waals surface area contributed by atoms with Crippen molar-refractivity contribution in [3.63, 3.8) is 0 Å². The van der Waals surface area contributed by atoms with Gasteiger partial charge in [-0.3, -0.25) is 4.90 Å². The summed E-state index contributed by atoms with van der Waals surface area (Å²) in [5.41, 5.74) is 2.02. The van der Waals surface area contributed by atoms with Crippen LogP contribution in [-0.2, 0) is 34.2 Å². The zero-order chi connectivity index (χ0) is 20.4. The van der Waals surface area contributed by atoms with E-state index in [1.54, 1.807) is 6.20 Å². The number of hydrogen-bond donors (Lipinski definition) is 0. The number of nitrogens with zero attached hydrogens (tertiary/aromatic N) is 3. The largest absolute Gasteiger partial charge is 0.376 e. The van der Waals surface area contributed by atoms with Gasteiger partial charge in [-0.25, -0.2) is 13.4 Å². The number of aromatic nitrogens is 2. The van der Waals surface area contributed by atoms with Crippen molar-refractivity contribution in [3.8, 4) is 0 Å². The lowest BCUT2D eigenvalue weighted by atomic mass is 10.2. The summed E-state index contributed by atoms with van der Waals surface area (Å²) in [4.78, 5) is 6.50. The Morgan fingerprint density at radius 1 is 1.28 bits per heavy atom. The third-order valence-electron chi connectivity index (χ3n) is 5.52. The normalized spacial score (nSPS) is 19.9. The minimum absolute atomic E-state index is 0.0519. The molecule has 2 aromatic rings. The fraction of sp³-hybridized carbons (Fsp3) is 0.571. The molecule has 1 saturated heterocycles. The highest BCUT2D eigenvalue weighted by Crippen LogP contribution is 2.32. The van der Waals surface area contributed by atoms with E-state index >= 15 is 0 Å². The maximum Gasteiger partial charge on any atom is 0.227 e. The summed E-state index contributed by atoms with van der Waals surface area (Å²) in [6.07, 6.45) is 5.74. The Kier molecular flexibility index (Phi) is 6.30. The van der Waals surface area contributed by atoms with E-state index < -0.39 is 9.84 Å². The molecule has 4 rings (SSSR count). The highest BCUT2D eigenvalue weighted by molar-refractivity contribution is 7.91. The van der Waals surface area contributed by atoms with Gasteiger partial charge in [0.15, 0.2) is 0 Å². The van der Waals surface area contributed by atoms with Crippen molar-refractivity contribution in [1.82, 2.24) is 14.5 Å². The Bertz CT molecular complexity index is 950. The van der Waals surface area contributed by atoms with Gasteiger partial charge in [-0.1, -0.05) is 23.7 Å². The maximum atomic E-state index is 13.0. The molecule has 1 aliphatic carbocycles. The van der Waals surface area contributed by atoms with Crippen LogP contribution >= 0.6 is 11.6 Å². The lowest BCUT2D eigenvalue weighted by molar-refractivity contribution is 0.0934. The van der Waals surface area contributed by atoms with Crippen molar-refractivity contribution >= 4 is 21.4 Å². The summed E-state index contributed by atoms with van der Waals surface area (Å²) < 4.78 is 33.6. The van der Waals surface area contributed by atoms with Crippen LogP contribution in [0.4, 0.5) is 0 Å². The van der Waals surface area contributed by atoms with Crippen LogP contribution in [0, 0.1) is 5.92 Å². The van der Waals surface area contributed by atoms with Crippen molar-refractivity contribution in [2.45, 2.75) is 56.6 Å². The number of benzene rings is 1. The highest BCUT2D eigenvalue weighted by atomic mass is 35.5. The molecule has 2 aliphatic rings. The molecule has 0 spiro atoms. The van der Waals surface area contributed by atoms with E-state index in [2.05, 4.69) is 9.88 Å². The topological polar surface area (TPSA) is 64.4 Å². The molecule has 2 heterocycles. The molecule has 6 nitrogen and oxygen atoms in total. The van der Waals surface area contributed by atoms with Crippen LogP contribution in [0.2, 0.25) is 5.02 Å². The molecule has 2 fully saturated rings. The van der Waals surface area contributed by atoms with Gasteiger partial charge in [0.25, 0.3) is 0 Å². The molecule has 8 heteroatoms. The third kappa shape index (κ3) is 5.40. The van der Waals surface area contributed by atoms with Crippen LogP contribution in [0.25, 0.3) is 0 Å². The van der Waals surface area contributed by atoms with Gasteiger partial charge in [0.05, 0.1) is 30.3 Å². The monoisotopic (exact) mass is 437 g/mol. The Hall–Kier alpha value is -1.41. The Morgan fingerprint density at radius 2 is 2.10 bits per heavy atom. The molecule has 0 bridgehead atoms. The van der Waals surface area contributed by atoms with Gasteiger partial charge in [-0.15, -0.1) is 0 Å². The first-order valence-electron chi connectivity index (χ1n) is 10.2. The number of ether oxygens (including phenoxy) is 1. The summed E-state index contributed by atoms with van der Waals surface area (Å²) in [7, 11) is -1.37. The van der Waals surface area contributed by atoms with E-state index in [0.717, 1.165) is 50.1 Å². The molecular formula is C21H28ClN3O3S. The first-order valence-corrected chi connectivity index (χ1v) is 12.3. The molecule has 1 atom stereocenters. The maximum absolute atomic E-state index is 13.0. The molecule has 1 aromatic carbocycles. The van der Waals surface area contributed by atoms with Crippen molar-refractivity contribution in [2.24, 2.45) is 5.92 Å². The molecular weight excluding hydrogens is 410 g/mol. The van der Waals surface area contributed by atoms with Crippen LogP contribution < -0.4 is 0 Å². The zero-order valence-corrected chi connectivity index (χ0v) is 18.3. The minimum Gasteiger partial charge on any atom is -0.376 e. The summed E-state index contributed by atoms with van der Waals surface area (Å²) >= 11 is 6.10. The van der Waals surface area contributed by atoms with E-state index in [4.69, 9.17) is 16.3 Å². The van der Waals surface area contributed by atoms with Gasteiger partial charge in [0.2, 0.25) is 15.0 Å². The molecule has 0 unspecified atom stereocenters. The lowest BCUT2D eigenvalue weighted by Crippen LogP contribution is -2.25. The minimum atomic E-state index is -3.39. The van der Waals surface area contributed by atoms with Crippen molar-refractivity contribution in [2.75, 3.05) is 19.4 Å². The molecule has 0 N–H and O–H groups in total. The predicted molar refractivity (Wildman–Crippen MR) is 113 cm³/mol. The number of hydrogen-bond acceptors (Lipinski definition) is 5. The smallest absolute Gasteiger partial charge is 0.227 e. The second kappa shape index (κ2) is 8.76. The van der Waals surface area contributed by atoms with E-state index in [-0.39, 0.29) is 17.0 Å². The van der Waals surface area contributed by atoms with Gasteiger partial charge < -0.3 is 9.30 Å². The van der Waals surface area contributed by atoms with Gasteiger partial charge in [-0.05, 0) is 56.3 Å². The summed E-state index contributed by atoms with van der Waals surface area (Å²) in [6, 6.07) is 7.79. The average molecular weight is 438 g/mol. The van der Waals surface area contributed by atoms with Crippen molar-refractivity contribution < 1.29 is 13.2 Å². The van der Waals surface area contributed by atoms with Crippen LogP contribution in [0.1, 0.15) is 36.9 Å². The number of halogens is 1. The predicted octanol–water partition coefficient (Wildman–Crippen LogP) is 3.53. The molecule has 0 amide bonds. The third-order valence-corrected chi connectivity index (χ3v) is 7.54. The Labute approximate surface area is 177 Å². The fourth-order valence-electron chi connectivity index (χ4n) is 3.90. The number of rotatable bonds is 9. The Balaban J connectivity index is 1.54.